The summed E-state index contributed by atoms with van der Waals surface area (Å²) in [4.78, 5) is 14.4. The Morgan fingerprint density at radius 2 is 2.11 bits per heavy atom. The number of hydrogen-bond acceptors (Lipinski definition) is 2. The largest absolute Gasteiger partial charge is 0.496 e. The number of carbonyl (C=O) groups excluding carboxylic acids is 1. The van der Waals surface area contributed by atoms with Crippen molar-refractivity contribution in [2.75, 3.05) is 20.2 Å². The van der Waals surface area contributed by atoms with Crippen molar-refractivity contribution < 1.29 is 9.53 Å². The smallest absolute Gasteiger partial charge is 0.253 e. The minimum atomic E-state index is 0.132. The molecule has 0 spiro atoms. The molecule has 0 radical (unpaired) electrons. The number of nitrogens with zero attached hydrogens (tertiary/aromatic N) is 1. The SMILES string of the molecule is C=CCc1cc(C(=O)N2CCCCC2)ccc1OC. The first kappa shape index (κ1) is 13.7. The lowest BCUT2D eigenvalue weighted by Crippen LogP contribution is -2.35. The molecule has 0 unspecified atom stereocenters. The maximum atomic E-state index is 12.4. The van der Waals surface area contributed by atoms with Crippen LogP contribution in [-0.2, 0) is 6.42 Å². The summed E-state index contributed by atoms with van der Waals surface area (Å²) in [5.74, 6) is 0.947. The molecule has 0 aromatic heterocycles. The number of likely N-dealkylation sites (tertiary alicyclic amines) is 1. The lowest BCUT2D eigenvalue weighted by molar-refractivity contribution is 0.0724. The first-order valence-corrected chi connectivity index (χ1v) is 6.83. The molecule has 0 bridgehead atoms. The Bertz CT molecular complexity index is 462. The molecule has 3 heteroatoms. The van der Waals surface area contributed by atoms with Crippen LogP contribution in [0.1, 0.15) is 35.2 Å². The maximum Gasteiger partial charge on any atom is 0.253 e. The number of benzene rings is 1. The van der Waals surface area contributed by atoms with Crippen LogP contribution >= 0.6 is 0 Å². The van der Waals surface area contributed by atoms with Gasteiger partial charge in [-0.05, 0) is 49.4 Å². The number of hydrogen-bond donors (Lipinski definition) is 0. The molecule has 1 aromatic rings. The number of amides is 1. The molecule has 0 aliphatic carbocycles. The van der Waals surface area contributed by atoms with Crippen LogP contribution in [0.3, 0.4) is 0 Å². The third-order valence-corrected chi connectivity index (χ3v) is 3.53. The van der Waals surface area contributed by atoms with Crippen molar-refractivity contribution >= 4 is 5.91 Å². The van der Waals surface area contributed by atoms with E-state index in [1.165, 1.54) is 6.42 Å². The van der Waals surface area contributed by atoms with E-state index in [4.69, 9.17) is 4.74 Å². The topological polar surface area (TPSA) is 29.5 Å². The predicted molar refractivity (Wildman–Crippen MR) is 76.6 cm³/mol. The second-order valence-corrected chi connectivity index (χ2v) is 4.87. The number of rotatable bonds is 4. The molecular weight excluding hydrogens is 238 g/mol. The summed E-state index contributed by atoms with van der Waals surface area (Å²) in [6.45, 7) is 5.50. The fraction of sp³-hybridized carbons (Fsp3) is 0.438. The quantitative estimate of drug-likeness (QED) is 0.778. The van der Waals surface area contributed by atoms with E-state index < -0.39 is 0 Å². The molecule has 1 aromatic carbocycles. The molecule has 1 aliphatic heterocycles. The molecular formula is C16H21NO2. The Kier molecular flexibility index (Phi) is 4.61. The van der Waals surface area contributed by atoms with E-state index in [9.17, 15) is 4.79 Å². The molecule has 0 atom stereocenters. The molecule has 1 saturated heterocycles. The van der Waals surface area contributed by atoms with Crippen LogP contribution in [0, 0.1) is 0 Å². The fourth-order valence-electron chi connectivity index (χ4n) is 2.51. The normalized spacial score (nSPS) is 15.1. The van der Waals surface area contributed by atoms with Crippen LogP contribution in [0.15, 0.2) is 30.9 Å². The zero-order chi connectivity index (χ0) is 13.7. The zero-order valence-corrected chi connectivity index (χ0v) is 11.5. The highest BCUT2D eigenvalue weighted by molar-refractivity contribution is 5.94. The Hall–Kier alpha value is -1.77. The minimum Gasteiger partial charge on any atom is -0.496 e. The molecule has 2 rings (SSSR count). The van der Waals surface area contributed by atoms with E-state index in [1.807, 2.05) is 29.2 Å². The monoisotopic (exact) mass is 259 g/mol. The molecule has 0 saturated carbocycles. The van der Waals surface area contributed by atoms with Gasteiger partial charge in [-0.1, -0.05) is 6.08 Å². The van der Waals surface area contributed by atoms with Gasteiger partial charge in [-0.3, -0.25) is 4.79 Å². The molecule has 1 heterocycles. The minimum absolute atomic E-state index is 0.132. The first-order valence-electron chi connectivity index (χ1n) is 6.83. The summed E-state index contributed by atoms with van der Waals surface area (Å²) in [6.07, 6.45) is 5.99. The third-order valence-electron chi connectivity index (χ3n) is 3.53. The Morgan fingerprint density at radius 3 is 2.74 bits per heavy atom. The number of piperidine rings is 1. The summed E-state index contributed by atoms with van der Waals surface area (Å²) in [7, 11) is 1.65. The van der Waals surface area contributed by atoms with Gasteiger partial charge in [0.15, 0.2) is 0 Å². The van der Waals surface area contributed by atoms with Gasteiger partial charge in [-0.25, -0.2) is 0 Å². The highest BCUT2D eigenvalue weighted by Crippen LogP contribution is 2.22. The van der Waals surface area contributed by atoms with Crippen molar-refractivity contribution in [3.63, 3.8) is 0 Å². The summed E-state index contributed by atoms with van der Waals surface area (Å²) in [5, 5.41) is 0. The van der Waals surface area contributed by atoms with Gasteiger partial charge in [0.25, 0.3) is 5.91 Å². The number of methoxy groups -OCH3 is 1. The molecule has 19 heavy (non-hydrogen) atoms. The second-order valence-electron chi connectivity index (χ2n) is 4.87. The molecule has 102 valence electrons. The Morgan fingerprint density at radius 1 is 1.37 bits per heavy atom. The van der Waals surface area contributed by atoms with Crippen LogP contribution in [0.25, 0.3) is 0 Å². The van der Waals surface area contributed by atoms with Crippen LogP contribution in [0.5, 0.6) is 5.75 Å². The van der Waals surface area contributed by atoms with Gasteiger partial charge in [0.2, 0.25) is 0 Å². The van der Waals surface area contributed by atoms with Crippen LogP contribution in [0.2, 0.25) is 0 Å². The molecule has 1 aliphatic rings. The van der Waals surface area contributed by atoms with E-state index >= 15 is 0 Å². The molecule has 1 fully saturated rings. The van der Waals surface area contributed by atoms with Crippen LogP contribution in [0.4, 0.5) is 0 Å². The lowest BCUT2D eigenvalue weighted by Gasteiger charge is -2.27. The van der Waals surface area contributed by atoms with Gasteiger partial charge in [-0.2, -0.15) is 0 Å². The van der Waals surface area contributed by atoms with Crippen molar-refractivity contribution in [3.05, 3.63) is 42.0 Å². The average Bonchev–Trinajstić information content (AvgIpc) is 2.47. The third kappa shape index (κ3) is 3.16. The van der Waals surface area contributed by atoms with Gasteiger partial charge in [0.05, 0.1) is 7.11 Å². The van der Waals surface area contributed by atoms with Gasteiger partial charge in [0.1, 0.15) is 5.75 Å². The lowest BCUT2D eigenvalue weighted by atomic mass is 10.0. The second kappa shape index (κ2) is 6.41. The van der Waals surface area contributed by atoms with Crippen LogP contribution in [-0.4, -0.2) is 31.0 Å². The summed E-state index contributed by atoms with van der Waals surface area (Å²) < 4.78 is 5.31. The van der Waals surface area contributed by atoms with Crippen molar-refractivity contribution in [1.29, 1.82) is 0 Å². The highest BCUT2D eigenvalue weighted by Gasteiger charge is 2.18. The van der Waals surface area contributed by atoms with Crippen molar-refractivity contribution in [1.82, 2.24) is 4.90 Å². The van der Waals surface area contributed by atoms with E-state index in [1.54, 1.807) is 7.11 Å². The van der Waals surface area contributed by atoms with E-state index in [-0.39, 0.29) is 5.91 Å². The number of carbonyl (C=O) groups is 1. The molecule has 1 amide bonds. The highest BCUT2D eigenvalue weighted by atomic mass is 16.5. The van der Waals surface area contributed by atoms with Crippen molar-refractivity contribution in [2.24, 2.45) is 0 Å². The van der Waals surface area contributed by atoms with Crippen molar-refractivity contribution in [3.8, 4) is 5.75 Å². The Balaban J connectivity index is 2.21. The number of allylic oxidation sites excluding steroid dienone is 1. The van der Waals surface area contributed by atoms with E-state index in [2.05, 4.69) is 6.58 Å². The summed E-state index contributed by atoms with van der Waals surface area (Å²) in [5.41, 5.74) is 1.76. The van der Waals surface area contributed by atoms with Crippen LogP contribution < -0.4 is 4.74 Å². The van der Waals surface area contributed by atoms with Gasteiger partial charge >= 0.3 is 0 Å². The maximum absolute atomic E-state index is 12.4. The Labute approximate surface area is 114 Å². The van der Waals surface area contributed by atoms with Gasteiger partial charge < -0.3 is 9.64 Å². The van der Waals surface area contributed by atoms with Crippen molar-refractivity contribution in [2.45, 2.75) is 25.7 Å². The molecule has 0 N–H and O–H groups in total. The van der Waals surface area contributed by atoms with E-state index in [0.29, 0.717) is 6.42 Å². The van der Waals surface area contributed by atoms with Gasteiger partial charge in [0, 0.05) is 18.7 Å². The van der Waals surface area contributed by atoms with E-state index in [0.717, 1.165) is 42.8 Å². The summed E-state index contributed by atoms with van der Waals surface area (Å²) in [6, 6.07) is 5.65. The molecule has 3 nitrogen and oxygen atoms in total. The fourth-order valence-corrected chi connectivity index (χ4v) is 2.51. The predicted octanol–water partition coefficient (Wildman–Crippen LogP) is 3.05. The first-order chi connectivity index (χ1) is 9.26. The zero-order valence-electron chi connectivity index (χ0n) is 11.5. The number of ether oxygens (including phenoxy) is 1. The van der Waals surface area contributed by atoms with Gasteiger partial charge in [-0.15, -0.1) is 6.58 Å². The standard InChI is InChI=1S/C16H21NO2/c1-3-7-13-12-14(8-9-15(13)19-2)16(18)17-10-5-4-6-11-17/h3,8-9,12H,1,4-7,10-11H2,2H3. The summed E-state index contributed by atoms with van der Waals surface area (Å²) >= 11 is 0. The average molecular weight is 259 g/mol.